The van der Waals surface area contributed by atoms with E-state index in [4.69, 9.17) is 9.47 Å². The maximum atomic E-state index is 5.93. The number of aromatic nitrogens is 1. The van der Waals surface area contributed by atoms with Crippen LogP contribution in [-0.2, 0) is 0 Å². The van der Waals surface area contributed by atoms with Crippen LogP contribution in [0.5, 0.6) is 17.2 Å². The highest BCUT2D eigenvalue weighted by molar-refractivity contribution is 5.81. The molecule has 0 saturated carbocycles. The molecule has 0 aliphatic heterocycles. The number of methoxy groups -OCH3 is 1. The Hall–Kier alpha value is -3.79. The highest BCUT2D eigenvalue weighted by Gasteiger charge is 2.01. The Morgan fingerprint density at radius 2 is 1.55 bits per heavy atom. The van der Waals surface area contributed by atoms with Gasteiger partial charge in [-0.2, -0.15) is 0 Å². The van der Waals surface area contributed by atoms with Gasteiger partial charge in [0.2, 0.25) is 0 Å². The average Bonchev–Trinajstić information content (AvgIpc) is 3.24. The lowest BCUT2D eigenvalue weighted by Crippen LogP contribution is -1.90. The Labute approximate surface area is 170 Å². The molecule has 0 aliphatic carbocycles. The maximum absolute atomic E-state index is 5.93. The Morgan fingerprint density at radius 3 is 2.28 bits per heavy atom. The smallest absolute Gasteiger partial charge is 0.130 e. The first-order valence-corrected chi connectivity index (χ1v) is 9.41. The summed E-state index contributed by atoms with van der Waals surface area (Å²) in [4.78, 5) is 4.56. The van der Waals surface area contributed by atoms with Gasteiger partial charge in [0.25, 0.3) is 0 Å². The van der Waals surface area contributed by atoms with Crippen molar-refractivity contribution in [3.05, 3.63) is 102 Å². The monoisotopic (exact) mass is 382 g/mol. The zero-order valence-electron chi connectivity index (χ0n) is 16.4. The quantitative estimate of drug-likeness (QED) is 0.365. The molecule has 0 saturated heterocycles. The Balaban J connectivity index is 1.42. The maximum Gasteiger partial charge on any atom is 0.130 e. The molecule has 0 unspecified atom stereocenters. The lowest BCUT2D eigenvalue weighted by Gasteiger charge is -2.08. The standard InChI is InChI=1S/C25H22N2O2/c1-19-5-3-4-6-25(19)29-24-11-7-21(8-12-24)26-17-20-15-16-27(18-20)22-9-13-23(28-2)14-10-22/h3-18H,1-2H3. The lowest BCUT2D eigenvalue weighted by molar-refractivity contribution is 0.415. The second kappa shape index (κ2) is 8.48. The predicted molar refractivity (Wildman–Crippen MR) is 117 cm³/mol. The van der Waals surface area contributed by atoms with Crippen molar-refractivity contribution >= 4 is 11.9 Å². The van der Waals surface area contributed by atoms with Crippen LogP contribution < -0.4 is 9.47 Å². The third kappa shape index (κ3) is 4.55. The number of para-hydroxylation sites is 1. The van der Waals surface area contributed by atoms with Crippen LogP contribution in [-0.4, -0.2) is 17.9 Å². The molecule has 1 heterocycles. The number of nitrogens with zero attached hydrogens (tertiary/aromatic N) is 2. The van der Waals surface area contributed by atoms with Crippen LogP contribution in [0.4, 0.5) is 5.69 Å². The van der Waals surface area contributed by atoms with Gasteiger partial charge in [0.05, 0.1) is 12.8 Å². The van der Waals surface area contributed by atoms with E-state index in [1.807, 2.05) is 104 Å². The van der Waals surface area contributed by atoms with Crippen molar-refractivity contribution in [2.45, 2.75) is 6.92 Å². The van der Waals surface area contributed by atoms with E-state index in [1.165, 1.54) is 0 Å². The molecule has 0 amide bonds. The van der Waals surface area contributed by atoms with Gasteiger partial charge in [-0.3, -0.25) is 4.99 Å². The van der Waals surface area contributed by atoms with Gasteiger partial charge < -0.3 is 14.0 Å². The minimum Gasteiger partial charge on any atom is -0.497 e. The molecule has 1 aromatic heterocycles. The molecule has 0 atom stereocenters. The SMILES string of the molecule is COc1ccc(-n2ccc(C=Nc3ccc(Oc4ccccc4C)cc3)c2)cc1. The van der Waals surface area contributed by atoms with Crippen molar-refractivity contribution < 1.29 is 9.47 Å². The van der Waals surface area contributed by atoms with Crippen LogP contribution >= 0.6 is 0 Å². The number of ether oxygens (including phenoxy) is 2. The summed E-state index contributed by atoms with van der Waals surface area (Å²) in [6.07, 6.45) is 5.92. The Kier molecular flexibility index (Phi) is 5.43. The van der Waals surface area contributed by atoms with Gasteiger partial charge in [-0.15, -0.1) is 0 Å². The number of aryl methyl sites for hydroxylation is 1. The Bertz CT molecular complexity index is 1110. The van der Waals surface area contributed by atoms with Gasteiger partial charge in [-0.05, 0) is 73.2 Å². The van der Waals surface area contributed by atoms with Crippen LogP contribution in [0.15, 0.2) is 96.2 Å². The number of benzene rings is 3. The normalized spacial score (nSPS) is 11.0. The molecular formula is C25H22N2O2. The molecule has 4 heteroatoms. The average molecular weight is 382 g/mol. The minimum atomic E-state index is 0.795. The first-order valence-electron chi connectivity index (χ1n) is 9.41. The second-order valence-electron chi connectivity index (χ2n) is 6.67. The molecule has 29 heavy (non-hydrogen) atoms. The van der Waals surface area contributed by atoms with E-state index < -0.39 is 0 Å². The van der Waals surface area contributed by atoms with E-state index >= 15 is 0 Å². The summed E-state index contributed by atoms with van der Waals surface area (Å²) < 4.78 is 13.2. The molecule has 0 radical (unpaired) electrons. The summed E-state index contributed by atoms with van der Waals surface area (Å²) in [5.74, 6) is 2.50. The lowest BCUT2D eigenvalue weighted by atomic mass is 10.2. The van der Waals surface area contributed by atoms with E-state index in [0.717, 1.165) is 39.8 Å². The Morgan fingerprint density at radius 1 is 0.828 bits per heavy atom. The van der Waals surface area contributed by atoms with Gasteiger partial charge in [0.15, 0.2) is 0 Å². The zero-order chi connectivity index (χ0) is 20.1. The molecule has 4 aromatic rings. The minimum absolute atomic E-state index is 0.795. The first-order chi connectivity index (χ1) is 14.2. The zero-order valence-corrected chi connectivity index (χ0v) is 16.4. The van der Waals surface area contributed by atoms with E-state index in [0.29, 0.717) is 0 Å². The number of rotatable bonds is 6. The molecule has 144 valence electrons. The molecule has 0 fully saturated rings. The molecule has 0 N–H and O–H groups in total. The van der Waals surface area contributed by atoms with Crippen molar-refractivity contribution in [2.75, 3.05) is 7.11 Å². The van der Waals surface area contributed by atoms with Gasteiger partial charge in [-0.25, -0.2) is 0 Å². The van der Waals surface area contributed by atoms with Crippen LogP contribution in [0.1, 0.15) is 11.1 Å². The van der Waals surface area contributed by atoms with Crippen molar-refractivity contribution in [3.63, 3.8) is 0 Å². The van der Waals surface area contributed by atoms with E-state index in [9.17, 15) is 0 Å². The van der Waals surface area contributed by atoms with Gasteiger partial charge in [0, 0.05) is 29.9 Å². The van der Waals surface area contributed by atoms with Crippen molar-refractivity contribution in [3.8, 4) is 22.9 Å². The van der Waals surface area contributed by atoms with E-state index in [2.05, 4.69) is 9.56 Å². The third-order valence-electron chi connectivity index (χ3n) is 4.61. The fourth-order valence-corrected chi connectivity index (χ4v) is 2.95. The van der Waals surface area contributed by atoms with Crippen LogP contribution in [0.25, 0.3) is 5.69 Å². The molecule has 3 aromatic carbocycles. The molecule has 4 rings (SSSR count). The molecular weight excluding hydrogens is 360 g/mol. The summed E-state index contributed by atoms with van der Waals surface area (Å²) in [5.41, 5.74) is 4.08. The van der Waals surface area contributed by atoms with Crippen molar-refractivity contribution in [1.82, 2.24) is 4.57 Å². The molecule has 0 bridgehead atoms. The molecule has 0 spiro atoms. The fraction of sp³-hybridized carbons (Fsp3) is 0.0800. The third-order valence-corrected chi connectivity index (χ3v) is 4.61. The fourth-order valence-electron chi connectivity index (χ4n) is 2.95. The van der Waals surface area contributed by atoms with Crippen LogP contribution in [0, 0.1) is 6.92 Å². The summed E-state index contributed by atoms with van der Waals surface area (Å²) >= 11 is 0. The molecule has 4 nitrogen and oxygen atoms in total. The number of hydrogen-bond acceptors (Lipinski definition) is 3. The van der Waals surface area contributed by atoms with Crippen molar-refractivity contribution in [2.24, 2.45) is 4.99 Å². The van der Waals surface area contributed by atoms with Crippen molar-refractivity contribution in [1.29, 1.82) is 0 Å². The van der Waals surface area contributed by atoms with Gasteiger partial charge in [0.1, 0.15) is 17.2 Å². The summed E-state index contributed by atoms with van der Waals surface area (Å²) in [6.45, 7) is 2.03. The second-order valence-corrected chi connectivity index (χ2v) is 6.67. The molecule has 0 aliphatic rings. The number of aliphatic imine (C=N–C) groups is 1. The van der Waals surface area contributed by atoms with E-state index in [1.54, 1.807) is 7.11 Å². The summed E-state index contributed by atoms with van der Waals surface area (Å²) in [5, 5.41) is 0. The first kappa shape index (κ1) is 18.6. The van der Waals surface area contributed by atoms with Crippen LogP contribution in [0.3, 0.4) is 0 Å². The van der Waals surface area contributed by atoms with Gasteiger partial charge >= 0.3 is 0 Å². The highest BCUT2D eigenvalue weighted by Crippen LogP contribution is 2.26. The highest BCUT2D eigenvalue weighted by atomic mass is 16.5. The predicted octanol–water partition coefficient (Wildman–Crippen LogP) is 6.34. The van der Waals surface area contributed by atoms with Crippen LogP contribution in [0.2, 0.25) is 0 Å². The number of hydrogen-bond donors (Lipinski definition) is 0. The van der Waals surface area contributed by atoms with E-state index in [-0.39, 0.29) is 0 Å². The topological polar surface area (TPSA) is 35.8 Å². The summed E-state index contributed by atoms with van der Waals surface area (Å²) in [7, 11) is 1.67. The van der Waals surface area contributed by atoms with Gasteiger partial charge in [-0.1, -0.05) is 18.2 Å². The summed E-state index contributed by atoms with van der Waals surface area (Å²) in [6, 6.07) is 25.7. The largest absolute Gasteiger partial charge is 0.497 e.